The number of hydrogen-bond donors (Lipinski definition) is 3. The van der Waals surface area contributed by atoms with Gasteiger partial charge in [-0.3, -0.25) is 19.3 Å². The summed E-state index contributed by atoms with van der Waals surface area (Å²) in [5.41, 5.74) is 0.188. The second-order valence-electron chi connectivity index (χ2n) is 13.1. The zero-order valence-electron chi connectivity index (χ0n) is 24.7. The van der Waals surface area contributed by atoms with Crippen molar-refractivity contribution in [3.05, 3.63) is 34.9 Å². The molecule has 3 fully saturated rings. The third kappa shape index (κ3) is 7.56. The Bertz CT molecular complexity index is 1030. The summed E-state index contributed by atoms with van der Waals surface area (Å²) >= 11 is 6.10. The number of likely N-dealkylation sites (N-methyl/N-ethyl adjacent to an activating group) is 1. The lowest BCUT2D eigenvalue weighted by molar-refractivity contribution is -0.147. The van der Waals surface area contributed by atoms with Crippen LogP contribution in [0.25, 0.3) is 0 Å². The van der Waals surface area contributed by atoms with Crippen molar-refractivity contribution in [1.29, 1.82) is 0 Å². The minimum absolute atomic E-state index is 0.0804. The van der Waals surface area contributed by atoms with Crippen LogP contribution < -0.4 is 16.0 Å². The molecular formula is C31H48ClN5O3. The van der Waals surface area contributed by atoms with Crippen LogP contribution in [-0.4, -0.2) is 84.9 Å². The van der Waals surface area contributed by atoms with Gasteiger partial charge in [-0.15, -0.1) is 0 Å². The van der Waals surface area contributed by atoms with E-state index in [-0.39, 0.29) is 29.3 Å². The third-order valence-electron chi connectivity index (χ3n) is 9.08. The number of rotatable bonds is 7. The first-order chi connectivity index (χ1) is 19.0. The van der Waals surface area contributed by atoms with Crippen LogP contribution in [0.4, 0.5) is 0 Å². The molecule has 2 aliphatic heterocycles. The van der Waals surface area contributed by atoms with Gasteiger partial charge in [-0.1, -0.05) is 43.0 Å². The van der Waals surface area contributed by atoms with Gasteiger partial charge in [0.2, 0.25) is 17.7 Å². The average Bonchev–Trinajstić information content (AvgIpc) is 2.93. The Kier molecular flexibility index (Phi) is 10.2. The van der Waals surface area contributed by atoms with E-state index in [2.05, 4.69) is 16.0 Å². The molecule has 0 aromatic heterocycles. The zero-order chi connectivity index (χ0) is 28.9. The van der Waals surface area contributed by atoms with Crippen LogP contribution in [-0.2, 0) is 20.8 Å². The lowest BCUT2D eigenvalue weighted by Gasteiger charge is -2.48. The number of benzene rings is 1. The highest BCUT2D eigenvalue weighted by Gasteiger charge is 2.49. The lowest BCUT2D eigenvalue weighted by atomic mass is 9.63. The molecule has 3 aliphatic rings. The fourth-order valence-corrected chi connectivity index (χ4v) is 6.84. The van der Waals surface area contributed by atoms with Gasteiger partial charge in [-0.25, -0.2) is 0 Å². The Morgan fingerprint density at radius 1 is 1.05 bits per heavy atom. The first kappa shape index (κ1) is 30.8. The van der Waals surface area contributed by atoms with E-state index < -0.39 is 11.5 Å². The molecule has 8 nitrogen and oxygen atoms in total. The molecule has 2 heterocycles. The number of hydrogen-bond acceptors (Lipinski definition) is 5. The van der Waals surface area contributed by atoms with Gasteiger partial charge in [0.1, 0.15) is 12.1 Å². The van der Waals surface area contributed by atoms with Crippen molar-refractivity contribution in [2.75, 3.05) is 39.8 Å². The number of carbonyl (C=O) groups is 3. The van der Waals surface area contributed by atoms with Crippen LogP contribution in [0.1, 0.15) is 71.3 Å². The van der Waals surface area contributed by atoms with E-state index in [0.717, 1.165) is 44.3 Å². The largest absolute Gasteiger partial charge is 0.351 e. The molecule has 1 aromatic rings. The minimum Gasteiger partial charge on any atom is -0.351 e. The molecule has 1 saturated carbocycles. The van der Waals surface area contributed by atoms with Crippen molar-refractivity contribution in [1.82, 2.24) is 25.8 Å². The van der Waals surface area contributed by atoms with Gasteiger partial charge in [-0.2, -0.15) is 0 Å². The third-order valence-corrected chi connectivity index (χ3v) is 9.33. The maximum atomic E-state index is 14.0. The molecule has 0 unspecified atom stereocenters. The normalized spacial score (nSPS) is 23.3. The van der Waals surface area contributed by atoms with Gasteiger partial charge in [0.05, 0.1) is 5.41 Å². The summed E-state index contributed by atoms with van der Waals surface area (Å²) < 4.78 is 0. The molecular weight excluding hydrogens is 526 g/mol. The molecule has 0 spiro atoms. The fraction of sp³-hybridized carbons (Fsp3) is 0.710. The van der Waals surface area contributed by atoms with Crippen LogP contribution in [0.2, 0.25) is 5.02 Å². The highest BCUT2D eigenvalue weighted by atomic mass is 35.5. The molecule has 4 rings (SSSR count). The van der Waals surface area contributed by atoms with E-state index in [0.29, 0.717) is 49.8 Å². The van der Waals surface area contributed by atoms with Gasteiger partial charge in [0.25, 0.3) is 0 Å². The maximum Gasteiger partial charge on any atom is 0.245 e. The summed E-state index contributed by atoms with van der Waals surface area (Å²) in [5, 5.41) is 10.3. The van der Waals surface area contributed by atoms with Crippen LogP contribution in [0, 0.1) is 11.3 Å². The zero-order valence-corrected chi connectivity index (χ0v) is 25.5. The van der Waals surface area contributed by atoms with Crippen LogP contribution in [0.15, 0.2) is 24.3 Å². The lowest BCUT2D eigenvalue weighted by Crippen LogP contribution is -2.61. The highest BCUT2D eigenvalue weighted by Crippen LogP contribution is 2.46. The van der Waals surface area contributed by atoms with Crippen molar-refractivity contribution in [2.24, 2.45) is 11.3 Å². The summed E-state index contributed by atoms with van der Waals surface area (Å²) in [6.45, 7) is 9.30. The van der Waals surface area contributed by atoms with Crippen molar-refractivity contribution in [3.8, 4) is 0 Å². The molecule has 1 aliphatic carbocycles. The number of piperazine rings is 1. The molecule has 3 N–H and O–H groups in total. The highest BCUT2D eigenvalue weighted by molar-refractivity contribution is 6.30. The Morgan fingerprint density at radius 2 is 1.70 bits per heavy atom. The van der Waals surface area contributed by atoms with E-state index in [9.17, 15) is 14.4 Å². The molecule has 2 saturated heterocycles. The van der Waals surface area contributed by atoms with Crippen molar-refractivity contribution in [3.63, 3.8) is 0 Å². The summed E-state index contributed by atoms with van der Waals surface area (Å²) in [5.74, 6) is 0.265. The van der Waals surface area contributed by atoms with E-state index in [4.69, 9.17) is 11.6 Å². The Balaban J connectivity index is 1.50. The number of nitrogens with zero attached hydrogens (tertiary/aromatic N) is 2. The van der Waals surface area contributed by atoms with Gasteiger partial charge in [0.15, 0.2) is 0 Å². The number of halogens is 1. The molecule has 3 amide bonds. The number of carbonyl (C=O) groups excluding carboxylic acids is 3. The maximum absolute atomic E-state index is 14.0. The fourth-order valence-electron chi connectivity index (χ4n) is 6.71. The molecule has 222 valence electrons. The van der Waals surface area contributed by atoms with Crippen LogP contribution in [0.5, 0.6) is 0 Å². The summed E-state index contributed by atoms with van der Waals surface area (Å²) in [4.78, 5) is 45.0. The average molecular weight is 574 g/mol. The molecule has 0 radical (unpaired) electrons. The van der Waals surface area contributed by atoms with Crippen molar-refractivity contribution < 1.29 is 14.4 Å². The predicted octanol–water partition coefficient (Wildman–Crippen LogP) is 3.37. The monoisotopic (exact) mass is 573 g/mol. The number of nitrogens with one attached hydrogen (secondary N) is 3. The van der Waals surface area contributed by atoms with Gasteiger partial charge >= 0.3 is 0 Å². The molecule has 1 aromatic carbocycles. The van der Waals surface area contributed by atoms with Crippen LogP contribution >= 0.6 is 11.6 Å². The Hall–Kier alpha value is -2.16. The van der Waals surface area contributed by atoms with Gasteiger partial charge in [0, 0.05) is 49.7 Å². The molecule has 9 heteroatoms. The minimum atomic E-state index is -0.686. The second-order valence-corrected chi connectivity index (χ2v) is 13.5. The van der Waals surface area contributed by atoms with E-state index >= 15 is 0 Å². The standard InChI is InChI=1S/C31H48ClN5O3/c1-30(2,3)35-29(40)31(23-8-6-5-7-9-23)14-17-37(18-15-31)28(39)25(20-22-10-12-24(32)13-11-22)34-27(38)26-21-33-16-19-36(26)4/h10-13,23,25-26,33H,5-9,14-21H2,1-4H3,(H,34,38)(H,35,40)/t25-,26+/m1/s1. The van der Waals surface area contributed by atoms with E-state index in [1.807, 2.05) is 61.9 Å². The summed E-state index contributed by atoms with van der Waals surface area (Å²) in [6, 6.07) is 6.43. The molecule has 0 bridgehead atoms. The van der Waals surface area contributed by atoms with E-state index in [1.165, 1.54) is 6.42 Å². The molecule has 2 atom stereocenters. The Labute approximate surface area is 244 Å². The number of likely N-dealkylation sites (tertiary alicyclic amines) is 1. The second kappa shape index (κ2) is 13.2. The summed E-state index contributed by atoms with van der Waals surface area (Å²) in [7, 11) is 1.94. The van der Waals surface area contributed by atoms with Gasteiger partial charge in [-0.05, 0) is 77.1 Å². The quantitative estimate of drug-likeness (QED) is 0.465. The SMILES string of the molecule is CN1CCNC[C@H]1C(=O)N[C@H](Cc1ccc(Cl)cc1)C(=O)N1CCC(C(=O)NC(C)(C)C)(C2CCCCC2)CC1. The van der Waals surface area contributed by atoms with Crippen molar-refractivity contribution >= 4 is 29.3 Å². The predicted molar refractivity (Wildman–Crippen MR) is 159 cm³/mol. The smallest absolute Gasteiger partial charge is 0.245 e. The Morgan fingerprint density at radius 3 is 2.30 bits per heavy atom. The first-order valence-electron chi connectivity index (χ1n) is 15.1. The summed E-state index contributed by atoms with van der Waals surface area (Å²) in [6.07, 6.45) is 7.41. The van der Waals surface area contributed by atoms with Gasteiger partial charge < -0.3 is 20.9 Å². The topological polar surface area (TPSA) is 93.8 Å². The van der Waals surface area contributed by atoms with E-state index in [1.54, 1.807) is 0 Å². The van der Waals surface area contributed by atoms with Crippen LogP contribution in [0.3, 0.4) is 0 Å². The first-order valence-corrected chi connectivity index (χ1v) is 15.4. The van der Waals surface area contributed by atoms with Crippen molar-refractivity contribution in [2.45, 2.75) is 89.8 Å². The number of amides is 3. The molecule has 40 heavy (non-hydrogen) atoms. The number of piperidine rings is 1.